The molecular formula is C17H20N2O. The normalized spacial score (nSPS) is 17.0. The maximum atomic E-state index is 5.88. The van der Waals surface area contributed by atoms with Crippen LogP contribution in [0.2, 0.25) is 0 Å². The van der Waals surface area contributed by atoms with Crippen molar-refractivity contribution >= 4 is 0 Å². The summed E-state index contributed by atoms with van der Waals surface area (Å²) in [7, 11) is 2.02. The quantitative estimate of drug-likeness (QED) is 0.924. The molecule has 0 radical (unpaired) electrons. The van der Waals surface area contributed by atoms with Crippen LogP contribution in [0.4, 0.5) is 0 Å². The van der Waals surface area contributed by atoms with Crippen LogP contribution in [0.5, 0.6) is 5.75 Å². The zero-order chi connectivity index (χ0) is 13.9. The zero-order valence-electron chi connectivity index (χ0n) is 12.0. The van der Waals surface area contributed by atoms with E-state index in [9.17, 15) is 0 Å². The van der Waals surface area contributed by atoms with E-state index in [2.05, 4.69) is 34.6 Å². The molecule has 0 spiro atoms. The van der Waals surface area contributed by atoms with Gasteiger partial charge >= 0.3 is 0 Å². The molecular weight excluding hydrogens is 248 g/mol. The van der Waals surface area contributed by atoms with Crippen molar-refractivity contribution < 1.29 is 4.74 Å². The van der Waals surface area contributed by atoms with Gasteiger partial charge < -0.3 is 10.1 Å². The first-order valence-corrected chi connectivity index (χ1v) is 7.09. The van der Waals surface area contributed by atoms with Crippen molar-refractivity contribution in [2.75, 3.05) is 7.05 Å². The minimum absolute atomic E-state index is 0.500. The minimum atomic E-state index is 0.500. The van der Waals surface area contributed by atoms with Crippen LogP contribution in [0.25, 0.3) is 0 Å². The van der Waals surface area contributed by atoms with Gasteiger partial charge in [0.25, 0.3) is 0 Å². The van der Waals surface area contributed by atoms with E-state index in [0.717, 1.165) is 23.3 Å². The number of aromatic nitrogens is 1. The van der Waals surface area contributed by atoms with Crippen LogP contribution in [0.1, 0.15) is 34.7 Å². The van der Waals surface area contributed by atoms with Gasteiger partial charge in [0.15, 0.2) is 0 Å². The molecule has 1 aromatic heterocycles. The molecule has 0 saturated carbocycles. The fraction of sp³-hybridized carbons (Fsp3) is 0.353. The Hall–Kier alpha value is -1.87. The third-order valence-electron chi connectivity index (χ3n) is 3.88. The first-order valence-electron chi connectivity index (χ1n) is 7.09. The van der Waals surface area contributed by atoms with Gasteiger partial charge in [-0.1, -0.05) is 6.07 Å². The van der Waals surface area contributed by atoms with Crippen molar-refractivity contribution in [3.8, 4) is 5.75 Å². The van der Waals surface area contributed by atoms with Gasteiger partial charge in [0, 0.05) is 24.0 Å². The highest BCUT2D eigenvalue weighted by molar-refractivity contribution is 5.40. The molecule has 3 heteroatoms. The highest BCUT2D eigenvalue weighted by atomic mass is 16.5. The van der Waals surface area contributed by atoms with Crippen LogP contribution in [0.3, 0.4) is 0 Å². The SMILES string of the molecule is CNC1CCc2cc(OCc3cncc(C)c3)ccc21. The van der Waals surface area contributed by atoms with Gasteiger partial charge in [-0.05, 0) is 61.7 Å². The standard InChI is InChI=1S/C17H20N2O/c1-12-7-13(10-19-9-12)11-20-15-4-5-16-14(8-15)3-6-17(16)18-2/h4-5,7-10,17-18H,3,6,11H2,1-2H3. The van der Waals surface area contributed by atoms with Gasteiger partial charge in [-0.2, -0.15) is 0 Å². The Morgan fingerprint density at radius 3 is 3.00 bits per heavy atom. The number of hydrogen-bond acceptors (Lipinski definition) is 3. The van der Waals surface area contributed by atoms with Gasteiger partial charge in [-0.3, -0.25) is 4.98 Å². The third kappa shape index (κ3) is 2.68. The maximum Gasteiger partial charge on any atom is 0.120 e. The van der Waals surface area contributed by atoms with Crippen molar-refractivity contribution in [2.24, 2.45) is 0 Å². The Kier molecular flexibility index (Phi) is 3.70. The van der Waals surface area contributed by atoms with E-state index < -0.39 is 0 Å². The van der Waals surface area contributed by atoms with E-state index >= 15 is 0 Å². The van der Waals surface area contributed by atoms with Gasteiger partial charge in [0.1, 0.15) is 12.4 Å². The first kappa shape index (κ1) is 13.1. The predicted octanol–water partition coefficient (Wildman–Crippen LogP) is 3.18. The van der Waals surface area contributed by atoms with Gasteiger partial charge in [0.2, 0.25) is 0 Å². The number of nitrogens with zero attached hydrogens (tertiary/aromatic N) is 1. The van der Waals surface area contributed by atoms with E-state index in [4.69, 9.17) is 4.74 Å². The zero-order valence-corrected chi connectivity index (χ0v) is 12.0. The van der Waals surface area contributed by atoms with E-state index in [-0.39, 0.29) is 0 Å². The molecule has 1 aliphatic rings. The summed E-state index contributed by atoms with van der Waals surface area (Å²) in [5.74, 6) is 0.946. The average molecular weight is 268 g/mol. The summed E-state index contributed by atoms with van der Waals surface area (Å²) >= 11 is 0. The Morgan fingerprint density at radius 1 is 1.30 bits per heavy atom. The molecule has 0 saturated heterocycles. The number of pyridine rings is 1. The lowest BCUT2D eigenvalue weighted by Crippen LogP contribution is -2.12. The summed E-state index contributed by atoms with van der Waals surface area (Å²) in [6.07, 6.45) is 6.02. The molecule has 0 fully saturated rings. The molecule has 1 aliphatic carbocycles. The summed E-state index contributed by atoms with van der Waals surface area (Å²) in [5, 5.41) is 3.35. The lowest BCUT2D eigenvalue weighted by atomic mass is 10.1. The number of nitrogens with one attached hydrogen (secondary N) is 1. The Bertz CT molecular complexity index is 610. The number of rotatable bonds is 4. The molecule has 1 aromatic carbocycles. The number of benzene rings is 1. The maximum absolute atomic E-state index is 5.88. The highest BCUT2D eigenvalue weighted by Crippen LogP contribution is 2.33. The molecule has 3 rings (SSSR count). The molecule has 104 valence electrons. The van der Waals surface area contributed by atoms with Crippen molar-refractivity contribution in [3.05, 3.63) is 58.9 Å². The molecule has 2 aromatic rings. The van der Waals surface area contributed by atoms with Crippen molar-refractivity contribution in [2.45, 2.75) is 32.4 Å². The van der Waals surface area contributed by atoms with Crippen molar-refractivity contribution in [3.63, 3.8) is 0 Å². The van der Waals surface area contributed by atoms with E-state index in [1.165, 1.54) is 17.5 Å². The van der Waals surface area contributed by atoms with Gasteiger partial charge in [-0.15, -0.1) is 0 Å². The van der Waals surface area contributed by atoms with Crippen LogP contribution in [-0.4, -0.2) is 12.0 Å². The fourth-order valence-electron chi connectivity index (χ4n) is 2.85. The number of fused-ring (bicyclic) bond motifs is 1. The molecule has 20 heavy (non-hydrogen) atoms. The molecule has 1 unspecified atom stereocenters. The summed E-state index contributed by atoms with van der Waals surface area (Å²) in [5.41, 5.74) is 5.09. The lowest BCUT2D eigenvalue weighted by molar-refractivity contribution is 0.305. The molecule has 1 N–H and O–H groups in total. The van der Waals surface area contributed by atoms with Crippen molar-refractivity contribution in [1.29, 1.82) is 0 Å². The average Bonchev–Trinajstić information content (AvgIpc) is 2.87. The molecule has 0 amide bonds. The van der Waals surface area contributed by atoms with Crippen LogP contribution in [0.15, 0.2) is 36.7 Å². The fourth-order valence-corrected chi connectivity index (χ4v) is 2.85. The van der Waals surface area contributed by atoms with Crippen LogP contribution in [-0.2, 0) is 13.0 Å². The largest absolute Gasteiger partial charge is 0.489 e. The minimum Gasteiger partial charge on any atom is -0.489 e. The number of ether oxygens (including phenoxy) is 1. The van der Waals surface area contributed by atoms with Crippen molar-refractivity contribution in [1.82, 2.24) is 10.3 Å². The Labute approximate surface area is 120 Å². The number of aryl methyl sites for hydroxylation is 2. The summed E-state index contributed by atoms with van der Waals surface area (Å²) in [4.78, 5) is 4.19. The molecule has 0 aliphatic heterocycles. The Morgan fingerprint density at radius 2 is 2.20 bits per heavy atom. The monoisotopic (exact) mass is 268 g/mol. The summed E-state index contributed by atoms with van der Waals surface area (Å²) in [6.45, 7) is 2.62. The second kappa shape index (κ2) is 5.63. The van der Waals surface area contributed by atoms with Crippen LogP contribution in [0, 0.1) is 6.92 Å². The summed E-state index contributed by atoms with van der Waals surface area (Å²) < 4.78 is 5.88. The predicted molar refractivity (Wildman–Crippen MR) is 79.9 cm³/mol. The summed E-state index contributed by atoms with van der Waals surface area (Å²) in [6, 6.07) is 9.04. The van der Waals surface area contributed by atoms with E-state index in [0.29, 0.717) is 12.6 Å². The third-order valence-corrected chi connectivity index (χ3v) is 3.88. The van der Waals surface area contributed by atoms with E-state index in [1.807, 2.05) is 26.4 Å². The molecule has 1 atom stereocenters. The highest BCUT2D eigenvalue weighted by Gasteiger charge is 2.20. The van der Waals surface area contributed by atoms with E-state index in [1.54, 1.807) is 0 Å². The van der Waals surface area contributed by atoms with Crippen LogP contribution >= 0.6 is 0 Å². The van der Waals surface area contributed by atoms with Crippen LogP contribution < -0.4 is 10.1 Å². The second-order valence-electron chi connectivity index (χ2n) is 5.40. The lowest BCUT2D eigenvalue weighted by Gasteiger charge is -2.11. The Balaban J connectivity index is 1.70. The molecule has 0 bridgehead atoms. The second-order valence-corrected chi connectivity index (χ2v) is 5.40. The first-order chi connectivity index (χ1) is 9.76. The molecule has 1 heterocycles. The number of hydrogen-bond donors (Lipinski definition) is 1. The molecule has 3 nitrogen and oxygen atoms in total. The topological polar surface area (TPSA) is 34.1 Å². The smallest absolute Gasteiger partial charge is 0.120 e. The van der Waals surface area contributed by atoms with Gasteiger partial charge in [0.05, 0.1) is 0 Å². The van der Waals surface area contributed by atoms with Gasteiger partial charge in [-0.25, -0.2) is 0 Å².